The van der Waals surface area contributed by atoms with E-state index >= 15 is 0 Å². The van der Waals surface area contributed by atoms with E-state index in [1.165, 1.54) is 4.68 Å². The highest BCUT2D eigenvalue weighted by molar-refractivity contribution is 5.92. The summed E-state index contributed by atoms with van der Waals surface area (Å²) < 4.78 is 1.17. The second-order valence-electron chi connectivity index (χ2n) is 6.97. The average molecular weight is 393 g/mol. The number of benzene rings is 2. The molecule has 8 nitrogen and oxygen atoms in total. The Labute approximate surface area is 167 Å². The standard InChI is InChI=1S/C21H23N5O3/c1-13(2)22-21(29)24-16-10-8-15(9-11-16)23-19(27)12-26-20(28)18-7-5-4-6-17(18)14(3)25-26/h4-11,13H,12H2,1-3H3,(H,23,27)(H2,22,24,29). The number of anilines is 2. The van der Waals surface area contributed by atoms with Crippen LogP contribution in [-0.4, -0.2) is 27.8 Å². The summed E-state index contributed by atoms with van der Waals surface area (Å²) in [5, 5.41) is 13.7. The third-order valence-electron chi connectivity index (χ3n) is 4.19. The Kier molecular flexibility index (Phi) is 5.92. The van der Waals surface area contributed by atoms with Crippen molar-refractivity contribution >= 4 is 34.1 Å². The maximum Gasteiger partial charge on any atom is 0.319 e. The molecular weight excluding hydrogens is 370 g/mol. The Morgan fingerprint density at radius 3 is 2.17 bits per heavy atom. The molecule has 3 amide bonds. The zero-order valence-corrected chi connectivity index (χ0v) is 16.5. The van der Waals surface area contributed by atoms with Gasteiger partial charge in [-0.3, -0.25) is 9.59 Å². The Morgan fingerprint density at radius 1 is 0.966 bits per heavy atom. The van der Waals surface area contributed by atoms with Gasteiger partial charge in [0.2, 0.25) is 5.91 Å². The number of carbonyl (C=O) groups excluding carboxylic acids is 2. The van der Waals surface area contributed by atoms with Crippen LogP contribution in [0.5, 0.6) is 0 Å². The first-order chi connectivity index (χ1) is 13.8. The van der Waals surface area contributed by atoms with Gasteiger partial charge in [-0.15, -0.1) is 0 Å². The first kappa shape index (κ1) is 20.1. The first-order valence-corrected chi connectivity index (χ1v) is 9.27. The molecule has 29 heavy (non-hydrogen) atoms. The average Bonchev–Trinajstić information content (AvgIpc) is 2.67. The summed E-state index contributed by atoms with van der Waals surface area (Å²) >= 11 is 0. The van der Waals surface area contributed by atoms with Crippen LogP contribution in [0.3, 0.4) is 0 Å². The van der Waals surface area contributed by atoms with Crippen molar-refractivity contribution < 1.29 is 9.59 Å². The fraction of sp³-hybridized carbons (Fsp3) is 0.238. The molecule has 0 aliphatic carbocycles. The smallest absolute Gasteiger partial charge is 0.319 e. The molecule has 8 heteroatoms. The van der Waals surface area contributed by atoms with Crippen molar-refractivity contribution in [2.24, 2.45) is 0 Å². The lowest BCUT2D eigenvalue weighted by atomic mass is 10.1. The minimum atomic E-state index is -0.368. The molecule has 3 N–H and O–H groups in total. The number of hydrogen-bond donors (Lipinski definition) is 3. The number of hydrogen-bond acceptors (Lipinski definition) is 4. The maximum absolute atomic E-state index is 12.6. The van der Waals surface area contributed by atoms with Crippen LogP contribution in [-0.2, 0) is 11.3 Å². The second-order valence-corrected chi connectivity index (χ2v) is 6.97. The molecule has 0 fully saturated rings. The summed E-state index contributed by atoms with van der Waals surface area (Å²) in [6.45, 7) is 5.35. The van der Waals surface area contributed by atoms with E-state index in [2.05, 4.69) is 21.0 Å². The van der Waals surface area contributed by atoms with E-state index in [0.717, 1.165) is 5.39 Å². The van der Waals surface area contributed by atoms with Crippen LogP contribution in [0.2, 0.25) is 0 Å². The molecule has 0 atom stereocenters. The minimum absolute atomic E-state index is 0.0318. The molecule has 0 unspecified atom stereocenters. The molecule has 3 aromatic rings. The molecule has 0 spiro atoms. The summed E-state index contributed by atoms with van der Waals surface area (Å²) in [5.74, 6) is -0.368. The highest BCUT2D eigenvalue weighted by atomic mass is 16.2. The summed E-state index contributed by atoms with van der Waals surface area (Å²) in [4.78, 5) is 36.7. The fourth-order valence-corrected chi connectivity index (χ4v) is 2.91. The maximum atomic E-state index is 12.6. The van der Waals surface area contributed by atoms with E-state index in [4.69, 9.17) is 0 Å². The Balaban J connectivity index is 1.67. The largest absolute Gasteiger partial charge is 0.336 e. The van der Waals surface area contributed by atoms with E-state index < -0.39 is 0 Å². The van der Waals surface area contributed by atoms with Crippen molar-refractivity contribution in [2.45, 2.75) is 33.4 Å². The number of aromatic nitrogens is 2. The lowest BCUT2D eigenvalue weighted by Crippen LogP contribution is -2.34. The van der Waals surface area contributed by atoms with Crippen LogP contribution >= 0.6 is 0 Å². The molecule has 2 aromatic carbocycles. The van der Waals surface area contributed by atoms with Crippen molar-refractivity contribution in [3.05, 3.63) is 64.6 Å². The molecule has 0 radical (unpaired) electrons. The fourth-order valence-electron chi connectivity index (χ4n) is 2.91. The van der Waals surface area contributed by atoms with Crippen molar-refractivity contribution in [3.8, 4) is 0 Å². The molecule has 0 aliphatic rings. The van der Waals surface area contributed by atoms with Crippen LogP contribution in [0.4, 0.5) is 16.2 Å². The molecule has 0 bridgehead atoms. The van der Waals surface area contributed by atoms with E-state index in [-0.39, 0.29) is 30.1 Å². The quantitative estimate of drug-likeness (QED) is 0.620. The zero-order chi connectivity index (χ0) is 21.0. The van der Waals surface area contributed by atoms with Crippen LogP contribution in [0, 0.1) is 6.92 Å². The number of amides is 3. The Hall–Kier alpha value is -3.68. The van der Waals surface area contributed by atoms with E-state index in [9.17, 15) is 14.4 Å². The van der Waals surface area contributed by atoms with Gasteiger partial charge in [0.25, 0.3) is 5.56 Å². The predicted molar refractivity (Wildman–Crippen MR) is 113 cm³/mol. The van der Waals surface area contributed by atoms with Crippen LogP contribution in [0.1, 0.15) is 19.5 Å². The first-order valence-electron chi connectivity index (χ1n) is 9.27. The van der Waals surface area contributed by atoms with Gasteiger partial charge in [0.1, 0.15) is 6.54 Å². The number of fused-ring (bicyclic) bond motifs is 1. The van der Waals surface area contributed by atoms with Crippen LogP contribution < -0.4 is 21.5 Å². The lowest BCUT2D eigenvalue weighted by Gasteiger charge is -2.11. The van der Waals surface area contributed by atoms with Gasteiger partial charge in [0.15, 0.2) is 0 Å². The monoisotopic (exact) mass is 393 g/mol. The molecule has 3 rings (SSSR count). The van der Waals surface area contributed by atoms with Crippen molar-refractivity contribution in [2.75, 3.05) is 10.6 Å². The number of nitrogens with one attached hydrogen (secondary N) is 3. The van der Waals surface area contributed by atoms with Gasteiger partial charge in [0.05, 0.1) is 11.1 Å². The van der Waals surface area contributed by atoms with Gasteiger partial charge in [-0.1, -0.05) is 18.2 Å². The Bertz CT molecular complexity index is 1100. The van der Waals surface area contributed by atoms with E-state index in [1.54, 1.807) is 43.3 Å². The third-order valence-corrected chi connectivity index (χ3v) is 4.19. The van der Waals surface area contributed by atoms with Gasteiger partial charge in [0, 0.05) is 22.8 Å². The molecule has 0 saturated heterocycles. The van der Waals surface area contributed by atoms with Gasteiger partial charge in [-0.2, -0.15) is 5.10 Å². The number of carbonyl (C=O) groups is 2. The van der Waals surface area contributed by atoms with E-state index in [1.807, 2.05) is 26.0 Å². The lowest BCUT2D eigenvalue weighted by molar-refractivity contribution is -0.117. The molecule has 150 valence electrons. The summed E-state index contributed by atoms with van der Waals surface area (Å²) in [6.07, 6.45) is 0. The Morgan fingerprint density at radius 2 is 1.55 bits per heavy atom. The van der Waals surface area contributed by atoms with E-state index in [0.29, 0.717) is 22.5 Å². The second kappa shape index (κ2) is 8.55. The summed E-state index contributed by atoms with van der Waals surface area (Å²) in [7, 11) is 0. The molecule has 0 aliphatic heterocycles. The number of urea groups is 1. The summed E-state index contributed by atoms with van der Waals surface area (Å²) in [5.41, 5.74) is 1.53. The van der Waals surface area contributed by atoms with Gasteiger partial charge >= 0.3 is 6.03 Å². The SMILES string of the molecule is Cc1nn(CC(=O)Nc2ccc(NC(=O)NC(C)C)cc2)c(=O)c2ccccc12. The van der Waals surface area contributed by atoms with Gasteiger partial charge in [-0.05, 0) is 51.1 Å². The highest BCUT2D eigenvalue weighted by Gasteiger charge is 2.11. The molecule has 0 saturated carbocycles. The molecular formula is C21H23N5O3. The number of rotatable bonds is 5. The normalized spacial score (nSPS) is 10.8. The summed E-state index contributed by atoms with van der Waals surface area (Å²) in [6, 6.07) is 13.6. The van der Waals surface area contributed by atoms with Crippen molar-refractivity contribution in [1.82, 2.24) is 15.1 Å². The number of aryl methyl sites for hydroxylation is 1. The van der Waals surface area contributed by atoms with Crippen molar-refractivity contribution in [3.63, 3.8) is 0 Å². The highest BCUT2D eigenvalue weighted by Crippen LogP contribution is 2.14. The number of nitrogens with zero attached hydrogens (tertiary/aromatic N) is 2. The third kappa shape index (κ3) is 4.98. The van der Waals surface area contributed by atoms with Crippen LogP contribution in [0.25, 0.3) is 10.8 Å². The predicted octanol–water partition coefficient (Wildman–Crippen LogP) is 2.87. The zero-order valence-electron chi connectivity index (χ0n) is 16.5. The van der Waals surface area contributed by atoms with Crippen LogP contribution in [0.15, 0.2) is 53.3 Å². The minimum Gasteiger partial charge on any atom is -0.336 e. The molecule has 1 aromatic heterocycles. The van der Waals surface area contributed by atoms with Crippen molar-refractivity contribution in [1.29, 1.82) is 0 Å². The van der Waals surface area contributed by atoms with Gasteiger partial charge in [-0.25, -0.2) is 9.48 Å². The topological polar surface area (TPSA) is 105 Å². The van der Waals surface area contributed by atoms with Gasteiger partial charge < -0.3 is 16.0 Å². The molecule has 1 heterocycles.